The molecule has 114 valence electrons. The van der Waals surface area contributed by atoms with E-state index in [9.17, 15) is 5.11 Å². The second kappa shape index (κ2) is 8.93. The average molecular weight is 271 g/mol. The van der Waals surface area contributed by atoms with Gasteiger partial charge in [0.25, 0.3) is 0 Å². The fraction of sp³-hybridized carbons (Fsp3) is 1.00. The molecule has 3 heteroatoms. The smallest absolute Gasteiger partial charge is 0.0613 e. The molecule has 0 aliphatic heterocycles. The van der Waals surface area contributed by atoms with Crippen LogP contribution in [-0.2, 0) is 4.74 Å². The molecule has 3 nitrogen and oxygen atoms in total. The lowest BCUT2D eigenvalue weighted by molar-refractivity contribution is 0.00674. The molecule has 1 fully saturated rings. The summed E-state index contributed by atoms with van der Waals surface area (Å²) in [5.41, 5.74) is -0.109. The quantitative estimate of drug-likeness (QED) is 0.633. The largest absolute Gasteiger partial charge is 0.394 e. The second-order valence-corrected chi connectivity index (χ2v) is 6.08. The summed E-state index contributed by atoms with van der Waals surface area (Å²) in [6.07, 6.45) is 9.96. The topological polar surface area (TPSA) is 41.5 Å². The van der Waals surface area contributed by atoms with E-state index >= 15 is 0 Å². The van der Waals surface area contributed by atoms with Crippen molar-refractivity contribution < 1.29 is 9.84 Å². The van der Waals surface area contributed by atoms with Gasteiger partial charge in [-0.05, 0) is 45.1 Å². The Morgan fingerprint density at radius 3 is 2.68 bits per heavy atom. The molecule has 1 saturated carbocycles. The molecule has 19 heavy (non-hydrogen) atoms. The summed E-state index contributed by atoms with van der Waals surface area (Å²) >= 11 is 0. The average Bonchev–Trinajstić information content (AvgIpc) is 2.48. The third kappa shape index (κ3) is 5.41. The maximum Gasteiger partial charge on any atom is 0.0613 e. The molecule has 1 rings (SSSR count). The maximum atomic E-state index is 9.49. The molecule has 1 aliphatic rings. The third-order valence-electron chi connectivity index (χ3n) is 4.98. The van der Waals surface area contributed by atoms with E-state index in [0.717, 1.165) is 31.8 Å². The molecule has 0 radical (unpaired) electrons. The normalized spacial score (nSPS) is 27.2. The summed E-state index contributed by atoms with van der Waals surface area (Å²) in [7, 11) is 1.94. The van der Waals surface area contributed by atoms with Crippen LogP contribution in [0.5, 0.6) is 0 Å². The molecule has 0 bridgehead atoms. The minimum absolute atomic E-state index is 0.109. The standard InChI is InChI=1S/C16H33NO2/c1-4-14-8-6-9-15(12-14)19-11-7-10-16(5-2,13-18)17-3/h14-15,17-18H,4-13H2,1-3H3. The number of hydrogen-bond donors (Lipinski definition) is 2. The summed E-state index contributed by atoms with van der Waals surface area (Å²) in [4.78, 5) is 0. The van der Waals surface area contributed by atoms with Crippen molar-refractivity contribution in [3.8, 4) is 0 Å². The minimum Gasteiger partial charge on any atom is -0.394 e. The van der Waals surface area contributed by atoms with Crippen LogP contribution in [0.25, 0.3) is 0 Å². The van der Waals surface area contributed by atoms with E-state index in [4.69, 9.17) is 4.74 Å². The lowest BCUT2D eigenvalue weighted by Crippen LogP contribution is -2.46. The number of hydrogen-bond acceptors (Lipinski definition) is 3. The molecule has 3 unspecified atom stereocenters. The van der Waals surface area contributed by atoms with Crippen molar-refractivity contribution >= 4 is 0 Å². The fourth-order valence-electron chi connectivity index (χ4n) is 3.17. The van der Waals surface area contributed by atoms with Gasteiger partial charge in [-0.3, -0.25) is 0 Å². The Morgan fingerprint density at radius 1 is 1.32 bits per heavy atom. The Balaban J connectivity index is 2.19. The van der Waals surface area contributed by atoms with Gasteiger partial charge >= 0.3 is 0 Å². The monoisotopic (exact) mass is 271 g/mol. The van der Waals surface area contributed by atoms with Gasteiger partial charge in [-0.2, -0.15) is 0 Å². The first kappa shape index (κ1) is 16.9. The molecular weight excluding hydrogens is 238 g/mol. The highest BCUT2D eigenvalue weighted by Gasteiger charge is 2.25. The first-order valence-electron chi connectivity index (χ1n) is 8.11. The van der Waals surface area contributed by atoms with Crippen LogP contribution in [-0.4, -0.2) is 37.0 Å². The highest BCUT2D eigenvalue weighted by atomic mass is 16.5. The Hall–Kier alpha value is -0.120. The van der Waals surface area contributed by atoms with Crippen molar-refractivity contribution in [3.63, 3.8) is 0 Å². The maximum absolute atomic E-state index is 9.49. The van der Waals surface area contributed by atoms with E-state index in [-0.39, 0.29) is 12.1 Å². The minimum atomic E-state index is -0.109. The van der Waals surface area contributed by atoms with Gasteiger partial charge in [0.1, 0.15) is 0 Å². The molecule has 0 aromatic heterocycles. The van der Waals surface area contributed by atoms with Crippen LogP contribution in [0, 0.1) is 5.92 Å². The molecule has 0 aromatic rings. The van der Waals surface area contributed by atoms with Crippen LogP contribution in [0.4, 0.5) is 0 Å². The van der Waals surface area contributed by atoms with E-state index in [2.05, 4.69) is 19.2 Å². The number of likely N-dealkylation sites (N-methyl/N-ethyl adjacent to an activating group) is 1. The Kier molecular flexibility index (Phi) is 7.96. The zero-order valence-corrected chi connectivity index (χ0v) is 13.1. The molecule has 3 atom stereocenters. The predicted molar refractivity (Wildman–Crippen MR) is 80.4 cm³/mol. The van der Waals surface area contributed by atoms with Crippen LogP contribution < -0.4 is 5.32 Å². The van der Waals surface area contributed by atoms with Gasteiger partial charge in [0.2, 0.25) is 0 Å². The van der Waals surface area contributed by atoms with Crippen LogP contribution in [0.2, 0.25) is 0 Å². The number of ether oxygens (including phenoxy) is 1. The highest BCUT2D eigenvalue weighted by molar-refractivity contribution is 4.84. The summed E-state index contributed by atoms with van der Waals surface area (Å²) < 4.78 is 6.03. The zero-order valence-electron chi connectivity index (χ0n) is 13.1. The fourth-order valence-corrected chi connectivity index (χ4v) is 3.17. The number of aliphatic hydroxyl groups excluding tert-OH is 1. The van der Waals surface area contributed by atoms with Gasteiger partial charge < -0.3 is 15.2 Å². The molecule has 0 spiro atoms. The van der Waals surface area contributed by atoms with Crippen molar-refractivity contribution in [2.45, 2.75) is 76.9 Å². The number of aliphatic hydroxyl groups is 1. The van der Waals surface area contributed by atoms with E-state index in [1.54, 1.807) is 0 Å². The molecular formula is C16H33NO2. The van der Waals surface area contributed by atoms with Gasteiger partial charge in [0.05, 0.1) is 12.7 Å². The Bertz CT molecular complexity index is 221. The molecule has 0 aromatic carbocycles. The molecule has 0 heterocycles. The van der Waals surface area contributed by atoms with Crippen LogP contribution in [0.1, 0.15) is 65.2 Å². The summed E-state index contributed by atoms with van der Waals surface area (Å²) in [6, 6.07) is 0. The van der Waals surface area contributed by atoms with Crippen molar-refractivity contribution in [1.82, 2.24) is 5.32 Å². The predicted octanol–water partition coefficient (Wildman–Crippen LogP) is 3.11. The van der Waals surface area contributed by atoms with Crippen LogP contribution >= 0.6 is 0 Å². The van der Waals surface area contributed by atoms with E-state index in [1.165, 1.54) is 32.1 Å². The molecule has 2 N–H and O–H groups in total. The van der Waals surface area contributed by atoms with Gasteiger partial charge in [-0.25, -0.2) is 0 Å². The van der Waals surface area contributed by atoms with E-state index < -0.39 is 0 Å². The lowest BCUT2D eigenvalue weighted by atomic mass is 9.85. The van der Waals surface area contributed by atoms with Crippen molar-refractivity contribution in [3.05, 3.63) is 0 Å². The van der Waals surface area contributed by atoms with Crippen molar-refractivity contribution in [2.24, 2.45) is 5.92 Å². The first-order valence-corrected chi connectivity index (χ1v) is 8.11. The van der Waals surface area contributed by atoms with E-state index in [1.807, 2.05) is 7.05 Å². The Labute approximate surface area is 119 Å². The Morgan fingerprint density at radius 2 is 2.11 bits per heavy atom. The van der Waals surface area contributed by atoms with Crippen LogP contribution in [0.15, 0.2) is 0 Å². The first-order chi connectivity index (χ1) is 9.19. The van der Waals surface area contributed by atoms with Crippen LogP contribution in [0.3, 0.4) is 0 Å². The third-order valence-corrected chi connectivity index (χ3v) is 4.98. The highest BCUT2D eigenvalue weighted by Crippen LogP contribution is 2.28. The van der Waals surface area contributed by atoms with Crippen molar-refractivity contribution in [2.75, 3.05) is 20.3 Å². The number of rotatable bonds is 9. The second-order valence-electron chi connectivity index (χ2n) is 6.08. The summed E-state index contributed by atoms with van der Waals surface area (Å²) in [5.74, 6) is 0.878. The molecule has 0 amide bonds. The SMILES string of the molecule is CCC1CCCC(OCCCC(CC)(CO)NC)C1. The van der Waals surface area contributed by atoms with Gasteiger partial charge in [0, 0.05) is 12.1 Å². The van der Waals surface area contributed by atoms with Crippen molar-refractivity contribution in [1.29, 1.82) is 0 Å². The lowest BCUT2D eigenvalue weighted by Gasteiger charge is -2.31. The van der Waals surface area contributed by atoms with Gasteiger partial charge in [-0.1, -0.05) is 33.1 Å². The number of nitrogens with one attached hydrogen (secondary N) is 1. The van der Waals surface area contributed by atoms with Gasteiger partial charge in [-0.15, -0.1) is 0 Å². The summed E-state index contributed by atoms with van der Waals surface area (Å²) in [6.45, 7) is 5.46. The summed E-state index contributed by atoms with van der Waals surface area (Å²) in [5, 5.41) is 12.8. The van der Waals surface area contributed by atoms with Gasteiger partial charge in [0.15, 0.2) is 0 Å². The molecule has 0 saturated heterocycles. The zero-order chi connectivity index (χ0) is 14.1. The van der Waals surface area contributed by atoms with E-state index in [0.29, 0.717) is 6.10 Å². The molecule has 1 aliphatic carbocycles.